The summed E-state index contributed by atoms with van der Waals surface area (Å²) in [5, 5.41) is 0. The number of ether oxygens (including phenoxy) is 2. The van der Waals surface area contributed by atoms with Crippen molar-refractivity contribution in [2.45, 2.75) is 54.9 Å². The Kier molecular flexibility index (Phi) is 6.88. The molecule has 0 heterocycles. The van der Waals surface area contributed by atoms with Gasteiger partial charge in [-0.3, -0.25) is 0 Å². The van der Waals surface area contributed by atoms with Crippen molar-refractivity contribution in [3.8, 4) is 5.75 Å². The standard InChI is InChI=1S/C26H29O3S/c1-19-16-23(17-20(2)25(19)28-18-24(27)29-26(3,4)5)30(21-12-8-6-9-13-21)22-14-10-7-11-15-22/h6-17H,18H2,1-5H3/q+1. The molecule has 0 aliphatic heterocycles. The van der Waals surface area contributed by atoms with Gasteiger partial charge >= 0.3 is 5.97 Å². The highest BCUT2D eigenvalue weighted by molar-refractivity contribution is 7.97. The molecule has 3 rings (SSSR count). The molecule has 0 spiro atoms. The number of rotatable bonds is 6. The van der Waals surface area contributed by atoms with Gasteiger partial charge in [0.1, 0.15) is 11.4 Å². The maximum absolute atomic E-state index is 12.1. The van der Waals surface area contributed by atoms with E-state index in [-0.39, 0.29) is 23.5 Å². The van der Waals surface area contributed by atoms with Crippen molar-refractivity contribution >= 4 is 16.9 Å². The van der Waals surface area contributed by atoms with E-state index < -0.39 is 5.60 Å². The Bertz CT molecular complexity index is 929. The van der Waals surface area contributed by atoms with Gasteiger partial charge < -0.3 is 9.47 Å². The smallest absolute Gasteiger partial charge is 0.344 e. The maximum Gasteiger partial charge on any atom is 0.344 e. The molecule has 0 amide bonds. The summed E-state index contributed by atoms with van der Waals surface area (Å²) in [5.74, 6) is 0.382. The normalized spacial score (nSPS) is 11.4. The van der Waals surface area contributed by atoms with Crippen LogP contribution in [0.15, 0.2) is 87.5 Å². The summed E-state index contributed by atoms with van der Waals surface area (Å²) in [6, 6.07) is 25.4. The largest absolute Gasteiger partial charge is 0.481 e. The molecule has 156 valence electrons. The summed E-state index contributed by atoms with van der Waals surface area (Å²) < 4.78 is 11.2. The molecule has 0 bridgehead atoms. The first-order valence-electron chi connectivity index (χ1n) is 10.0. The summed E-state index contributed by atoms with van der Waals surface area (Å²) in [7, 11) is -0.217. The van der Waals surface area contributed by atoms with E-state index in [2.05, 4.69) is 60.7 Å². The van der Waals surface area contributed by atoms with Crippen LogP contribution in [0.1, 0.15) is 31.9 Å². The molecule has 4 heteroatoms. The van der Waals surface area contributed by atoms with Crippen LogP contribution in [0.3, 0.4) is 0 Å². The number of hydrogen-bond donors (Lipinski definition) is 0. The van der Waals surface area contributed by atoms with E-state index in [0.717, 1.165) is 16.9 Å². The summed E-state index contributed by atoms with van der Waals surface area (Å²) in [6.45, 7) is 9.51. The van der Waals surface area contributed by atoms with Crippen molar-refractivity contribution in [3.05, 3.63) is 83.9 Å². The highest BCUT2D eigenvalue weighted by atomic mass is 32.2. The van der Waals surface area contributed by atoms with Crippen LogP contribution in [0.2, 0.25) is 0 Å². The fourth-order valence-corrected chi connectivity index (χ4v) is 5.54. The van der Waals surface area contributed by atoms with Crippen molar-refractivity contribution in [1.82, 2.24) is 0 Å². The van der Waals surface area contributed by atoms with E-state index >= 15 is 0 Å². The molecule has 0 unspecified atom stereocenters. The molecule has 0 fully saturated rings. The highest BCUT2D eigenvalue weighted by Gasteiger charge is 2.29. The van der Waals surface area contributed by atoms with Gasteiger partial charge in [-0.2, -0.15) is 0 Å². The Morgan fingerprint density at radius 3 is 1.70 bits per heavy atom. The molecule has 0 N–H and O–H groups in total. The molecule has 0 atom stereocenters. The quantitative estimate of drug-likeness (QED) is 0.355. The summed E-state index contributed by atoms with van der Waals surface area (Å²) in [4.78, 5) is 15.8. The first-order chi connectivity index (χ1) is 14.2. The predicted octanol–water partition coefficient (Wildman–Crippen LogP) is 6.12. The van der Waals surface area contributed by atoms with Gasteiger partial charge in [-0.15, -0.1) is 0 Å². The number of benzene rings is 3. The molecule has 0 radical (unpaired) electrons. The van der Waals surface area contributed by atoms with Crippen molar-refractivity contribution in [1.29, 1.82) is 0 Å². The van der Waals surface area contributed by atoms with E-state index in [9.17, 15) is 4.79 Å². The average Bonchev–Trinajstić information content (AvgIpc) is 2.68. The average molecular weight is 422 g/mol. The Hall–Kier alpha value is -2.72. The van der Waals surface area contributed by atoms with Crippen LogP contribution < -0.4 is 4.74 Å². The maximum atomic E-state index is 12.1. The zero-order valence-electron chi connectivity index (χ0n) is 18.3. The van der Waals surface area contributed by atoms with Gasteiger partial charge in [-0.25, -0.2) is 4.79 Å². The monoisotopic (exact) mass is 421 g/mol. The van der Waals surface area contributed by atoms with Crippen LogP contribution in [-0.4, -0.2) is 18.2 Å². The van der Waals surface area contributed by atoms with Crippen LogP contribution in [0.5, 0.6) is 5.75 Å². The fourth-order valence-electron chi connectivity index (χ4n) is 3.28. The molecule has 3 aromatic carbocycles. The molecule has 3 aromatic rings. The lowest BCUT2D eigenvalue weighted by Crippen LogP contribution is -2.27. The van der Waals surface area contributed by atoms with Gasteiger partial charge in [-0.05, 0) is 70.0 Å². The third-order valence-electron chi connectivity index (χ3n) is 4.38. The lowest BCUT2D eigenvalue weighted by molar-refractivity contribution is -0.157. The SMILES string of the molecule is Cc1cc([S+](c2ccccc2)c2ccccc2)cc(C)c1OCC(=O)OC(C)(C)C. The third-order valence-corrected chi connectivity index (χ3v) is 6.58. The van der Waals surface area contributed by atoms with Crippen molar-refractivity contribution < 1.29 is 14.3 Å². The van der Waals surface area contributed by atoms with E-state index in [1.807, 2.05) is 46.8 Å². The van der Waals surface area contributed by atoms with Crippen LogP contribution in [0, 0.1) is 13.8 Å². The second-order valence-electron chi connectivity index (χ2n) is 8.19. The van der Waals surface area contributed by atoms with E-state index in [0.29, 0.717) is 0 Å². The van der Waals surface area contributed by atoms with Crippen LogP contribution in [0.25, 0.3) is 0 Å². The van der Waals surface area contributed by atoms with Crippen LogP contribution in [0.4, 0.5) is 0 Å². The Morgan fingerprint density at radius 2 is 1.27 bits per heavy atom. The highest BCUT2D eigenvalue weighted by Crippen LogP contribution is 2.35. The van der Waals surface area contributed by atoms with Gasteiger partial charge in [0.05, 0.1) is 10.9 Å². The summed E-state index contributed by atoms with van der Waals surface area (Å²) in [5.41, 5.74) is 1.50. The molecular formula is C26H29O3S+. The zero-order chi connectivity index (χ0) is 21.7. The van der Waals surface area contributed by atoms with Crippen LogP contribution >= 0.6 is 0 Å². The molecule has 30 heavy (non-hydrogen) atoms. The number of aryl methyl sites for hydroxylation is 2. The van der Waals surface area contributed by atoms with Crippen molar-refractivity contribution in [2.75, 3.05) is 6.61 Å². The lowest BCUT2D eigenvalue weighted by Gasteiger charge is -2.20. The molecule has 3 nitrogen and oxygen atoms in total. The van der Waals surface area contributed by atoms with Gasteiger partial charge in [-0.1, -0.05) is 36.4 Å². The Morgan fingerprint density at radius 1 is 0.800 bits per heavy atom. The fraction of sp³-hybridized carbons (Fsp3) is 0.269. The molecule has 0 aliphatic carbocycles. The number of hydrogen-bond acceptors (Lipinski definition) is 3. The van der Waals surface area contributed by atoms with E-state index in [4.69, 9.17) is 9.47 Å². The number of esters is 1. The van der Waals surface area contributed by atoms with E-state index in [1.165, 1.54) is 14.7 Å². The van der Waals surface area contributed by atoms with Crippen LogP contribution in [-0.2, 0) is 20.4 Å². The summed E-state index contributed by atoms with van der Waals surface area (Å²) in [6.07, 6.45) is 0. The molecule has 0 aromatic heterocycles. The first-order valence-corrected chi connectivity index (χ1v) is 11.3. The topological polar surface area (TPSA) is 35.5 Å². The molecule has 0 aliphatic rings. The second kappa shape index (κ2) is 9.40. The molecule has 0 saturated heterocycles. The second-order valence-corrected chi connectivity index (χ2v) is 10.2. The van der Waals surface area contributed by atoms with Gasteiger partial charge in [0.2, 0.25) is 0 Å². The van der Waals surface area contributed by atoms with Gasteiger partial charge in [0, 0.05) is 12.1 Å². The van der Waals surface area contributed by atoms with Crippen molar-refractivity contribution in [2.24, 2.45) is 0 Å². The first kappa shape index (κ1) is 22.0. The van der Waals surface area contributed by atoms with E-state index in [1.54, 1.807) is 0 Å². The minimum atomic E-state index is -0.520. The van der Waals surface area contributed by atoms with Gasteiger partial charge in [0.25, 0.3) is 0 Å². The zero-order valence-corrected chi connectivity index (χ0v) is 19.1. The lowest BCUT2D eigenvalue weighted by atomic mass is 10.1. The Balaban J connectivity index is 1.91. The minimum Gasteiger partial charge on any atom is -0.481 e. The third kappa shape index (κ3) is 5.67. The minimum absolute atomic E-state index is 0.0959. The molecular weight excluding hydrogens is 392 g/mol. The van der Waals surface area contributed by atoms with Gasteiger partial charge in [0.15, 0.2) is 21.3 Å². The number of carbonyl (C=O) groups is 1. The summed E-state index contributed by atoms with van der Waals surface area (Å²) >= 11 is 0. The predicted molar refractivity (Wildman–Crippen MR) is 122 cm³/mol. The number of carbonyl (C=O) groups excluding carboxylic acids is 1. The Labute approximate surface area is 182 Å². The molecule has 0 saturated carbocycles. The van der Waals surface area contributed by atoms with Crippen molar-refractivity contribution in [3.63, 3.8) is 0 Å².